The van der Waals surface area contributed by atoms with Crippen molar-refractivity contribution in [3.8, 4) is 34.8 Å². The lowest BCUT2D eigenvalue weighted by Gasteiger charge is -2.21. The monoisotopic (exact) mass is 524 g/mol. The first-order valence-corrected chi connectivity index (χ1v) is 12.5. The molecule has 13 heteroatoms. The molecule has 0 unspecified atom stereocenters. The molecule has 2 atom stereocenters. The van der Waals surface area contributed by atoms with Gasteiger partial charge in [-0.05, 0) is 50.2 Å². The van der Waals surface area contributed by atoms with Gasteiger partial charge >= 0.3 is 0 Å². The van der Waals surface area contributed by atoms with Crippen LogP contribution < -0.4 is 14.2 Å². The van der Waals surface area contributed by atoms with Crippen molar-refractivity contribution in [2.75, 3.05) is 18.9 Å². The van der Waals surface area contributed by atoms with Gasteiger partial charge in [0.2, 0.25) is 21.8 Å². The highest BCUT2D eigenvalue weighted by atomic mass is 32.2. The predicted octanol–water partition coefficient (Wildman–Crippen LogP) is 2.98. The van der Waals surface area contributed by atoms with Gasteiger partial charge < -0.3 is 19.0 Å². The number of anilines is 1. The standard InChI is InChI=1S/C24H24N6O6S/c1-14-8-11-20(36-14)23-27-28-24(30(23)21-18(34-3)6-5-7-19(21)35-4)29-37(32,33)15(2)22(31)17-10-9-16(12-25)13-26-17/h5-11,13,15,22,31H,1-4H3,(H,28,29)/t15-,22+/m0/s1. The Kier molecular flexibility index (Phi) is 7.14. The summed E-state index contributed by atoms with van der Waals surface area (Å²) in [7, 11) is -1.32. The first kappa shape index (κ1) is 25.7. The molecule has 0 spiro atoms. The average Bonchev–Trinajstić information content (AvgIpc) is 3.52. The quantitative estimate of drug-likeness (QED) is 0.332. The van der Waals surface area contributed by atoms with Crippen LogP contribution in [-0.2, 0) is 10.0 Å². The molecule has 192 valence electrons. The molecule has 2 N–H and O–H groups in total. The van der Waals surface area contributed by atoms with Crippen molar-refractivity contribution >= 4 is 16.0 Å². The lowest BCUT2D eigenvalue weighted by Crippen LogP contribution is -2.32. The summed E-state index contributed by atoms with van der Waals surface area (Å²) in [6.45, 7) is 3.09. The molecule has 4 rings (SSSR count). The van der Waals surface area contributed by atoms with E-state index < -0.39 is 21.4 Å². The van der Waals surface area contributed by atoms with Crippen molar-refractivity contribution in [1.82, 2.24) is 19.7 Å². The van der Waals surface area contributed by atoms with Gasteiger partial charge in [-0.2, -0.15) is 5.26 Å². The minimum Gasteiger partial charge on any atom is -0.494 e. The molecule has 3 heterocycles. The van der Waals surface area contributed by atoms with E-state index in [1.54, 1.807) is 37.3 Å². The highest BCUT2D eigenvalue weighted by Gasteiger charge is 2.33. The maximum atomic E-state index is 13.4. The summed E-state index contributed by atoms with van der Waals surface area (Å²) in [5.74, 6) is 1.68. The average molecular weight is 525 g/mol. The van der Waals surface area contributed by atoms with Crippen LogP contribution in [0.1, 0.15) is 30.0 Å². The summed E-state index contributed by atoms with van der Waals surface area (Å²) in [5.41, 5.74) is 0.710. The number of aliphatic hydroxyl groups is 1. The fourth-order valence-corrected chi connectivity index (χ4v) is 4.66. The second-order valence-electron chi connectivity index (χ2n) is 7.98. The van der Waals surface area contributed by atoms with Crippen LogP contribution in [0.5, 0.6) is 11.5 Å². The van der Waals surface area contributed by atoms with Gasteiger partial charge in [0.05, 0.1) is 25.5 Å². The van der Waals surface area contributed by atoms with Crippen LogP contribution in [-0.4, -0.2) is 52.7 Å². The van der Waals surface area contributed by atoms with E-state index in [2.05, 4.69) is 19.9 Å². The number of aliphatic hydroxyl groups excluding tert-OH is 1. The number of pyridine rings is 1. The molecule has 37 heavy (non-hydrogen) atoms. The molecule has 0 saturated carbocycles. The number of benzene rings is 1. The van der Waals surface area contributed by atoms with Gasteiger partial charge in [-0.1, -0.05) is 6.07 Å². The summed E-state index contributed by atoms with van der Waals surface area (Å²) in [6, 6.07) is 13.3. The van der Waals surface area contributed by atoms with Gasteiger partial charge in [0.15, 0.2) is 5.76 Å². The molecule has 0 aliphatic heterocycles. The van der Waals surface area contributed by atoms with Crippen LogP contribution >= 0.6 is 0 Å². The molecule has 0 aliphatic rings. The molecule has 0 saturated heterocycles. The van der Waals surface area contributed by atoms with Gasteiger partial charge in [0.1, 0.15) is 40.4 Å². The molecule has 0 bridgehead atoms. The fraction of sp³-hybridized carbons (Fsp3) is 0.250. The van der Waals surface area contributed by atoms with Crippen molar-refractivity contribution in [3.05, 3.63) is 65.7 Å². The number of nitrogens with zero attached hydrogens (tertiary/aromatic N) is 5. The Balaban J connectivity index is 1.79. The summed E-state index contributed by atoms with van der Waals surface area (Å²) in [5, 5.41) is 26.6. The third-order valence-electron chi connectivity index (χ3n) is 5.64. The number of nitriles is 1. The minimum atomic E-state index is -4.25. The van der Waals surface area contributed by atoms with Crippen LogP contribution in [0.3, 0.4) is 0 Å². The van der Waals surface area contributed by atoms with E-state index in [9.17, 15) is 13.5 Å². The summed E-state index contributed by atoms with van der Waals surface area (Å²) in [4.78, 5) is 4.00. The van der Waals surface area contributed by atoms with Gasteiger partial charge in [-0.25, -0.2) is 8.42 Å². The zero-order valence-electron chi connectivity index (χ0n) is 20.4. The lowest BCUT2D eigenvalue weighted by atomic mass is 10.1. The minimum absolute atomic E-state index is 0.0940. The molecular weight excluding hydrogens is 500 g/mol. The molecule has 0 radical (unpaired) electrons. The number of methoxy groups -OCH3 is 2. The van der Waals surface area contributed by atoms with E-state index in [-0.39, 0.29) is 23.0 Å². The Morgan fingerprint density at radius 1 is 1.11 bits per heavy atom. The molecule has 4 aromatic rings. The zero-order chi connectivity index (χ0) is 26.7. The van der Waals surface area contributed by atoms with Gasteiger partial charge in [0, 0.05) is 6.20 Å². The van der Waals surface area contributed by atoms with Crippen molar-refractivity contribution in [2.24, 2.45) is 0 Å². The zero-order valence-corrected chi connectivity index (χ0v) is 21.2. The lowest BCUT2D eigenvalue weighted by molar-refractivity contribution is 0.171. The van der Waals surface area contributed by atoms with Crippen LogP contribution in [0, 0.1) is 18.3 Å². The van der Waals surface area contributed by atoms with E-state index >= 15 is 0 Å². The van der Waals surface area contributed by atoms with Gasteiger partial charge in [-0.3, -0.25) is 14.3 Å². The topological polar surface area (TPSA) is 165 Å². The van der Waals surface area contributed by atoms with Gasteiger partial charge in [-0.15, -0.1) is 10.2 Å². The van der Waals surface area contributed by atoms with Gasteiger partial charge in [0.25, 0.3) is 0 Å². The van der Waals surface area contributed by atoms with Crippen LogP contribution in [0.4, 0.5) is 5.95 Å². The normalized spacial score (nSPS) is 13.0. The molecule has 3 aromatic heterocycles. The third kappa shape index (κ3) is 4.97. The Labute approximate surface area is 213 Å². The van der Waals surface area contributed by atoms with Crippen molar-refractivity contribution in [1.29, 1.82) is 5.26 Å². The number of furan rings is 1. The second-order valence-corrected chi connectivity index (χ2v) is 10.0. The number of hydrogen-bond acceptors (Lipinski definition) is 10. The molecule has 0 amide bonds. The van der Waals surface area contributed by atoms with E-state index in [1.165, 1.54) is 44.0 Å². The van der Waals surface area contributed by atoms with Crippen LogP contribution in [0.15, 0.2) is 53.1 Å². The number of aryl methyl sites for hydroxylation is 1. The largest absolute Gasteiger partial charge is 0.494 e. The molecule has 0 fully saturated rings. The number of para-hydroxylation sites is 1. The molecular formula is C24H24N6O6S. The molecule has 12 nitrogen and oxygen atoms in total. The number of rotatable bonds is 9. The maximum absolute atomic E-state index is 13.4. The second kappa shape index (κ2) is 10.3. The molecule has 0 aliphatic carbocycles. The Morgan fingerprint density at radius 2 is 1.81 bits per heavy atom. The van der Waals surface area contributed by atoms with Crippen molar-refractivity contribution < 1.29 is 27.4 Å². The predicted molar refractivity (Wildman–Crippen MR) is 133 cm³/mol. The Hall–Kier alpha value is -4.41. The Bertz CT molecular complexity index is 1530. The molecule has 1 aromatic carbocycles. The number of aromatic nitrogens is 4. The van der Waals surface area contributed by atoms with E-state index in [4.69, 9.17) is 19.2 Å². The maximum Gasteiger partial charge on any atom is 0.243 e. The van der Waals surface area contributed by atoms with Crippen molar-refractivity contribution in [2.45, 2.75) is 25.2 Å². The summed E-state index contributed by atoms with van der Waals surface area (Å²) in [6.07, 6.45) is -0.234. The number of nitrogens with one attached hydrogen (secondary N) is 1. The van der Waals surface area contributed by atoms with E-state index in [0.29, 0.717) is 28.7 Å². The highest BCUT2D eigenvalue weighted by Crippen LogP contribution is 2.38. The first-order chi connectivity index (χ1) is 17.7. The highest BCUT2D eigenvalue weighted by molar-refractivity contribution is 7.93. The fourth-order valence-electron chi connectivity index (χ4n) is 3.61. The van der Waals surface area contributed by atoms with E-state index in [0.717, 1.165) is 0 Å². The van der Waals surface area contributed by atoms with E-state index in [1.807, 2.05) is 6.07 Å². The third-order valence-corrected chi connectivity index (χ3v) is 7.34. The summed E-state index contributed by atoms with van der Waals surface area (Å²) >= 11 is 0. The van der Waals surface area contributed by atoms with Crippen LogP contribution in [0.25, 0.3) is 17.3 Å². The smallest absolute Gasteiger partial charge is 0.243 e. The number of ether oxygens (including phenoxy) is 2. The SMILES string of the molecule is COc1cccc(OC)c1-n1c(NS(=O)(=O)[C@@H](C)[C@@H](O)c2ccc(C#N)cn2)nnc1-c1ccc(C)o1. The number of sulfonamides is 1. The van der Waals surface area contributed by atoms with Crippen LogP contribution in [0.2, 0.25) is 0 Å². The number of hydrogen-bond donors (Lipinski definition) is 2. The Morgan fingerprint density at radius 3 is 2.35 bits per heavy atom. The summed E-state index contributed by atoms with van der Waals surface area (Å²) < 4.78 is 47.3. The first-order valence-electron chi connectivity index (χ1n) is 11.0. The van der Waals surface area contributed by atoms with Crippen molar-refractivity contribution in [3.63, 3.8) is 0 Å².